The fraction of sp³-hybridized carbons (Fsp3) is 0.150. The normalized spacial score (nSPS) is 14.0. The molecule has 24 heavy (non-hydrogen) atoms. The number of ether oxygens (including phenoxy) is 1. The van der Waals surface area contributed by atoms with E-state index in [0.29, 0.717) is 0 Å². The van der Waals surface area contributed by atoms with Crippen LogP contribution in [0.3, 0.4) is 0 Å². The summed E-state index contributed by atoms with van der Waals surface area (Å²) in [5, 5.41) is 19.2. The van der Waals surface area contributed by atoms with Crippen LogP contribution < -0.4 is 9.75 Å². The second-order valence-electron chi connectivity index (χ2n) is 5.80. The highest BCUT2D eigenvalue weighted by molar-refractivity contribution is 6.14. The first-order valence-corrected chi connectivity index (χ1v) is 7.96. The summed E-state index contributed by atoms with van der Waals surface area (Å²) in [6.07, 6.45) is 0.790. The number of aromatic hydroxyl groups is 1. The molecule has 0 spiro atoms. The van der Waals surface area contributed by atoms with Gasteiger partial charge in [0.05, 0.1) is 18.5 Å². The van der Waals surface area contributed by atoms with E-state index >= 15 is 0 Å². The van der Waals surface area contributed by atoms with E-state index in [1.54, 1.807) is 13.2 Å². The highest BCUT2D eigenvalue weighted by Gasteiger charge is 2.21. The third-order valence-corrected chi connectivity index (χ3v) is 4.35. The van der Waals surface area contributed by atoms with Crippen molar-refractivity contribution in [2.75, 3.05) is 18.7 Å². The predicted molar refractivity (Wildman–Crippen MR) is 97.1 cm³/mol. The van der Waals surface area contributed by atoms with Gasteiger partial charge < -0.3 is 9.84 Å². The number of benzene rings is 3. The van der Waals surface area contributed by atoms with Gasteiger partial charge in [-0.15, -0.1) is 0 Å². The molecule has 3 aromatic rings. The molecule has 3 aromatic carbocycles. The molecule has 0 bridgehead atoms. The van der Waals surface area contributed by atoms with Gasteiger partial charge in [-0.1, -0.05) is 36.4 Å². The minimum atomic E-state index is 0.278. The number of nitrogens with zero attached hydrogens (tertiary/aromatic N) is 2. The molecule has 0 atom stereocenters. The number of hydrogen-bond acceptors (Lipinski definition) is 4. The van der Waals surface area contributed by atoms with E-state index < -0.39 is 0 Å². The zero-order valence-electron chi connectivity index (χ0n) is 13.4. The summed E-state index contributed by atoms with van der Waals surface area (Å²) >= 11 is 0. The lowest BCUT2D eigenvalue weighted by Crippen LogP contribution is -2.11. The zero-order chi connectivity index (χ0) is 16.5. The maximum Gasteiger partial charge on any atom is 0.125 e. The van der Waals surface area contributed by atoms with E-state index in [0.717, 1.165) is 46.5 Å². The first-order valence-electron chi connectivity index (χ1n) is 7.96. The Bertz CT molecular complexity index is 934. The largest absolute Gasteiger partial charge is 0.507 e. The van der Waals surface area contributed by atoms with Crippen LogP contribution in [-0.4, -0.2) is 24.5 Å². The van der Waals surface area contributed by atoms with Crippen molar-refractivity contribution in [3.8, 4) is 11.5 Å². The minimum Gasteiger partial charge on any atom is -0.507 e. The quantitative estimate of drug-likeness (QED) is 0.788. The van der Waals surface area contributed by atoms with Gasteiger partial charge in [-0.3, -0.25) is 5.01 Å². The van der Waals surface area contributed by atoms with Gasteiger partial charge in [-0.25, -0.2) is 0 Å². The fourth-order valence-electron chi connectivity index (χ4n) is 3.15. The molecule has 0 unspecified atom stereocenters. The Morgan fingerprint density at radius 1 is 1.04 bits per heavy atom. The van der Waals surface area contributed by atoms with Crippen LogP contribution in [0.5, 0.6) is 11.5 Å². The number of phenols is 1. The number of rotatable bonds is 3. The molecule has 0 aliphatic carbocycles. The molecule has 1 N–H and O–H groups in total. The summed E-state index contributed by atoms with van der Waals surface area (Å²) in [4.78, 5) is 0. The lowest BCUT2D eigenvalue weighted by atomic mass is 9.98. The van der Waals surface area contributed by atoms with Crippen LogP contribution >= 0.6 is 0 Å². The molecule has 4 rings (SSSR count). The van der Waals surface area contributed by atoms with Crippen molar-refractivity contribution in [3.63, 3.8) is 0 Å². The molecule has 0 radical (unpaired) electrons. The van der Waals surface area contributed by atoms with Crippen molar-refractivity contribution < 1.29 is 9.84 Å². The Morgan fingerprint density at radius 2 is 1.92 bits per heavy atom. The van der Waals surface area contributed by atoms with Crippen LogP contribution in [0, 0.1) is 0 Å². The standard InChI is InChI=1S/C20H18N2O2/c1-24-16-7-4-6-15(13-16)22-12-11-18(21-22)20-17-8-3-2-5-14(17)9-10-19(20)23/h2-10,13,23H,11-12H2,1H3. The predicted octanol–water partition coefficient (Wildman–Crippen LogP) is 4.17. The zero-order valence-corrected chi connectivity index (χ0v) is 13.4. The van der Waals surface area contributed by atoms with E-state index in [9.17, 15) is 5.11 Å². The van der Waals surface area contributed by atoms with Crippen molar-refractivity contribution in [1.29, 1.82) is 0 Å². The molecule has 0 fully saturated rings. The molecular formula is C20H18N2O2. The molecular weight excluding hydrogens is 300 g/mol. The van der Waals surface area contributed by atoms with Gasteiger partial charge in [0.2, 0.25) is 0 Å². The molecule has 1 aliphatic heterocycles. The monoisotopic (exact) mass is 318 g/mol. The van der Waals surface area contributed by atoms with E-state index in [2.05, 4.69) is 0 Å². The van der Waals surface area contributed by atoms with Gasteiger partial charge in [0.15, 0.2) is 0 Å². The average molecular weight is 318 g/mol. The van der Waals surface area contributed by atoms with Crippen molar-refractivity contribution in [2.24, 2.45) is 5.10 Å². The molecule has 0 saturated heterocycles. The Kier molecular flexibility index (Phi) is 3.58. The highest BCUT2D eigenvalue weighted by Crippen LogP contribution is 2.32. The Labute approximate surface area is 140 Å². The molecule has 1 aliphatic rings. The van der Waals surface area contributed by atoms with Crippen LogP contribution in [0.2, 0.25) is 0 Å². The maximum atomic E-state index is 10.4. The maximum absolute atomic E-state index is 10.4. The van der Waals surface area contributed by atoms with E-state index in [1.807, 2.05) is 59.6 Å². The topological polar surface area (TPSA) is 45.1 Å². The van der Waals surface area contributed by atoms with Gasteiger partial charge in [-0.2, -0.15) is 5.10 Å². The second-order valence-corrected chi connectivity index (χ2v) is 5.80. The van der Waals surface area contributed by atoms with Crippen molar-refractivity contribution in [3.05, 3.63) is 66.2 Å². The Balaban J connectivity index is 1.77. The fourth-order valence-corrected chi connectivity index (χ4v) is 3.15. The van der Waals surface area contributed by atoms with Gasteiger partial charge in [0, 0.05) is 24.6 Å². The van der Waals surface area contributed by atoms with Crippen LogP contribution in [0.1, 0.15) is 12.0 Å². The number of methoxy groups -OCH3 is 1. The van der Waals surface area contributed by atoms with Gasteiger partial charge in [-0.05, 0) is 29.0 Å². The number of hydrogen-bond donors (Lipinski definition) is 1. The molecule has 0 saturated carbocycles. The summed E-state index contributed by atoms with van der Waals surface area (Å²) in [7, 11) is 1.66. The van der Waals surface area contributed by atoms with Crippen molar-refractivity contribution in [1.82, 2.24) is 0 Å². The van der Waals surface area contributed by atoms with Crippen LogP contribution in [0.15, 0.2) is 65.8 Å². The van der Waals surface area contributed by atoms with Gasteiger partial charge >= 0.3 is 0 Å². The first-order chi connectivity index (χ1) is 11.8. The average Bonchev–Trinajstić information content (AvgIpc) is 3.11. The van der Waals surface area contributed by atoms with Gasteiger partial charge in [0.25, 0.3) is 0 Å². The Hall–Kier alpha value is -3.01. The molecule has 0 amide bonds. The van der Waals surface area contributed by atoms with Crippen LogP contribution in [0.25, 0.3) is 10.8 Å². The highest BCUT2D eigenvalue weighted by atomic mass is 16.5. The number of anilines is 1. The van der Waals surface area contributed by atoms with Crippen molar-refractivity contribution in [2.45, 2.75) is 6.42 Å². The summed E-state index contributed by atoms with van der Waals surface area (Å²) in [6.45, 7) is 0.783. The van der Waals surface area contributed by atoms with E-state index in [1.165, 1.54) is 0 Å². The summed E-state index contributed by atoms with van der Waals surface area (Å²) < 4.78 is 5.29. The van der Waals surface area contributed by atoms with Gasteiger partial charge in [0.1, 0.15) is 11.5 Å². The summed E-state index contributed by atoms with van der Waals surface area (Å²) in [5.41, 5.74) is 2.73. The third-order valence-electron chi connectivity index (χ3n) is 4.35. The second kappa shape index (κ2) is 5.89. The molecule has 4 nitrogen and oxygen atoms in total. The van der Waals surface area contributed by atoms with Crippen LogP contribution in [-0.2, 0) is 0 Å². The van der Waals surface area contributed by atoms with Crippen LogP contribution in [0.4, 0.5) is 5.69 Å². The first kappa shape index (κ1) is 14.6. The third kappa shape index (κ3) is 2.46. The summed E-state index contributed by atoms with van der Waals surface area (Å²) in [5.74, 6) is 1.09. The molecule has 0 aromatic heterocycles. The lowest BCUT2D eigenvalue weighted by molar-refractivity contribution is 0.415. The molecule has 4 heteroatoms. The number of phenolic OH excluding ortho intramolecular Hbond substituents is 1. The van der Waals surface area contributed by atoms with E-state index in [-0.39, 0.29) is 5.75 Å². The van der Waals surface area contributed by atoms with E-state index in [4.69, 9.17) is 9.84 Å². The lowest BCUT2D eigenvalue weighted by Gasteiger charge is -2.14. The number of fused-ring (bicyclic) bond motifs is 1. The Morgan fingerprint density at radius 3 is 2.79 bits per heavy atom. The minimum absolute atomic E-state index is 0.278. The smallest absolute Gasteiger partial charge is 0.125 e. The molecule has 1 heterocycles. The summed E-state index contributed by atoms with van der Waals surface area (Å²) in [6, 6.07) is 19.6. The molecule has 120 valence electrons. The SMILES string of the molecule is COc1cccc(N2CCC(c3c(O)ccc4ccccc34)=N2)c1. The van der Waals surface area contributed by atoms with Crippen molar-refractivity contribution >= 4 is 22.2 Å². The number of hydrazone groups is 1.